The molecule has 1 aromatic heterocycles. The Bertz CT molecular complexity index is 890. The van der Waals surface area contributed by atoms with Crippen LogP contribution in [0.15, 0.2) is 47.3 Å². The molecule has 0 fully saturated rings. The molecule has 0 radical (unpaired) electrons. The van der Waals surface area contributed by atoms with E-state index in [1.54, 1.807) is 20.3 Å². The van der Waals surface area contributed by atoms with Crippen molar-refractivity contribution in [3.63, 3.8) is 0 Å². The highest BCUT2D eigenvalue weighted by molar-refractivity contribution is 5.78. The van der Waals surface area contributed by atoms with Gasteiger partial charge in [0.1, 0.15) is 11.5 Å². The molecular formula is C17H17N3O3. The van der Waals surface area contributed by atoms with Crippen molar-refractivity contribution in [2.75, 3.05) is 19.5 Å². The van der Waals surface area contributed by atoms with Gasteiger partial charge in [0.15, 0.2) is 0 Å². The monoisotopic (exact) mass is 311 g/mol. The van der Waals surface area contributed by atoms with Gasteiger partial charge in [0, 0.05) is 18.2 Å². The summed E-state index contributed by atoms with van der Waals surface area (Å²) in [7, 11) is 3.21. The number of aromatic nitrogens is 2. The lowest BCUT2D eigenvalue weighted by atomic mass is 10.2. The zero-order valence-corrected chi connectivity index (χ0v) is 12.9. The SMILES string of the molecule is COc1ccc(CNc2nc3ccccc3c(=O)[nH]2)c(OC)c1. The van der Waals surface area contributed by atoms with E-state index in [1.165, 1.54) is 0 Å². The van der Waals surface area contributed by atoms with Crippen LogP contribution in [0.5, 0.6) is 11.5 Å². The summed E-state index contributed by atoms with van der Waals surface area (Å²) in [5.41, 5.74) is 1.42. The van der Waals surface area contributed by atoms with Crippen LogP contribution in [0.4, 0.5) is 5.95 Å². The van der Waals surface area contributed by atoms with Crippen LogP contribution in [0.25, 0.3) is 10.9 Å². The van der Waals surface area contributed by atoms with Gasteiger partial charge in [0.2, 0.25) is 5.95 Å². The second-order valence-corrected chi connectivity index (χ2v) is 4.96. The Kier molecular flexibility index (Phi) is 4.14. The predicted molar refractivity (Wildman–Crippen MR) is 89.2 cm³/mol. The molecule has 1 heterocycles. The molecule has 2 aromatic carbocycles. The maximum atomic E-state index is 12.0. The van der Waals surface area contributed by atoms with Crippen LogP contribution in [0.1, 0.15) is 5.56 Å². The van der Waals surface area contributed by atoms with E-state index in [0.29, 0.717) is 29.1 Å². The third-order valence-electron chi connectivity index (χ3n) is 3.55. The van der Waals surface area contributed by atoms with Crippen molar-refractivity contribution in [2.24, 2.45) is 0 Å². The topological polar surface area (TPSA) is 76.2 Å². The molecule has 0 atom stereocenters. The lowest BCUT2D eigenvalue weighted by molar-refractivity contribution is 0.391. The van der Waals surface area contributed by atoms with Crippen LogP contribution in [-0.2, 0) is 6.54 Å². The lowest BCUT2D eigenvalue weighted by Crippen LogP contribution is -2.13. The molecule has 3 rings (SSSR count). The first-order chi connectivity index (χ1) is 11.2. The first kappa shape index (κ1) is 14.9. The van der Waals surface area contributed by atoms with E-state index < -0.39 is 0 Å². The average Bonchev–Trinajstić information content (AvgIpc) is 2.60. The molecule has 2 N–H and O–H groups in total. The number of nitrogens with one attached hydrogen (secondary N) is 2. The first-order valence-corrected chi connectivity index (χ1v) is 7.15. The number of H-pyrrole nitrogens is 1. The number of aromatic amines is 1. The van der Waals surface area contributed by atoms with Crippen LogP contribution in [0.3, 0.4) is 0 Å². The fraction of sp³-hybridized carbons (Fsp3) is 0.176. The molecule has 3 aromatic rings. The van der Waals surface area contributed by atoms with Crippen LogP contribution in [0, 0.1) is 0 Å². The van der Waals surface area contributed by atoms with Gasteiger partial charge in [-0.25, -0.2) is 4.98 Å². The van der Waals surface area contributed by atoms with Crippen molar-refractivity contribution in [1.82, 2.24) is 9.97 Å². The first-order valence-electron chi connectivity index (χ1n) is 7.15. The third-order valence-corrected chi connectivity index (χ3v) is 3.55. The van der Waals surface area contributed by atoms with E-state index in [1.807, 2.05) is 36.4 Å². The fourth-order valence-corrected chi connectivity index (χ4v) is 2.35. The van der Waals surface area contributed by atoms with Gasteiger partial charge in [-0.2, -0.15) is 0 Å². The second kappa shape index (κ2) is 6.39. The van der Waals surface area contributed by atoms with Crippen LogP contribution in [0.2, 0.25) is 0 Å². The number of ether oxygens (including phenoxy) is 2. The van der Waals surface area contributed by atoms with Crippen molar-refractivity contribution in [2.45, 2.75) is 6.54 Å². The van der Waals surface area contributed by atoms with Gasteiger partial charge >= 0.3 is 0 Å². The zero-order chi connectivity index (χ0) is 16.2. The van der Waals surface area contributed by atoms with Gasteiger partial charge in [-0.15, -0.1) is 0 Å². The number of hydrogen-bond donors (Lipinski definition) is 2. The largest absolute Gasteiger partial charge is 0.497 e. The summed E-state index contributed by atoms with van der Waals surface area (Å²) < 4.78 is 10.5. The Balaban J connectivity index is 1.85. The molecule has 0 amide bonds. The molecule has 0 aliphatic rings. The molecule has 118 valence electrons. The van der Waals surface area contributed by atoms with E-state index in [4.69, 9.17) is 9.47 Å². The van der Waals surface area contributed by atoms with E-state index in [2.05, 4.69) is 15.3 Å². The minimum Gasteiger partial charge on any atom is -0.497 e. The average molecular weight is 311 g/mol. The Morgan fingerprint density at radius 2 is 1.96 bits per heavy atom. The Morgan fingerprint density at radius 1 is 1.13 bits per heavy atom. The molecule has 6 heteroatoms. The number of fused-ring (bicyclic) bond motifs is 1. The second-order valence-electron chi connectivity index (χ2n) is 4.96. The Morgan fingerprint density at radius 3 is 2.74 bits per heavy atom. The molecule has 0 saturated heterocycles. The van der Waals surface area contributed by atoms with Gasteiger partial charge in [0.25, 0.3) is 5.56 Å². The number of benzene rings is 2. The van der Waals surface area contributed by atoms with Gasteiger partial charge in [-0.05, 0) is 24.3 Å². The van der Waals surface area contributed by atoms with Gasteiger partial charge in [-0.3, -0.25) is 9.78 Å². The summed E-state index contributed by atoms with van der Waals surface area (Å²) in [5.74, 6) is 1.86. The quantitative estimate of drug-likeness (QED) is 0.757. The number of anilines is 1. The van der Waals surface area contributed by atoms with E-state index in [0.717, 1.165) is 11.3 Å². The number of nitrogens with zero attached hydrogens (tertiary/aromatic N) is 1. The van der Waals surface area contributed by atoms with E-state index >= 15 is 0 Å². The van der Waals surface area contributed by atoms with E-state index in [-0.39, 0.29) is 5.56 Å². The summed E-state index contributed by atoms with van der Waals surface area (Å²) in [6, 6.07) is 12.8. The van der Waals surface area contributed by atoms with Gasteiger partial charge < -0.3 is 14.8 Å². The Hall–Kier alpha value is -3.02. The van der Waals surface area contributed by atoms with E-state index in [9.17, 15) is 4.79 Å². The molecule has 0 bridgehead atoms. The van der Waals surface area contributed by atoms with Crippen molar-refractivity contribution < 1.29 is 9.47 Å². The summed E-state index contributed by atoms with van der Waals surface area (Å²) >= 11 is 0. The highest BCUT2D eigenvalue weighted by Gasteiger charge is 2.07. The molecule has 0 spiro atoms. The number of para-hydroxylation sites is 1. The molecular weight excluding hydrogens is 294 g/mol. The third kappa shape index (κ3) is 3.11. The minimum atomic E-state index is -0.167. The maximum absolute atomic E-state index is 12.0. The normalized spacial score (nSPS) is 10.5. The lowest BCUT2D eigenvalue weighted by Gasteiger charge is -2.11. The summed E-state index contributed by atoms with van der Waals surface area (Å²) in [6.45, 7) is 0.467. The molecule has 0 aliphatic heterocycles. The fourth-order valence-electron chi connectivity index (χ4n) is 2.35. The molecule has 0 saturated carbocycles. The predicted octanol–water partition coefficient (Wildman–Crippen LogP) is 2.55. The van der Waals surface area contributed by atoms with Crippen molar-refractivity contribution in [3.05, 3.63) is 58.4 Å². The number of hydrogen-bond acceptors (Lipinski definition) is 5. The zero-order valence-electron chi connectivity index (χ0n) is 12.9. The summed E-state index contributed by atoms with van der Waals surface area (Å²) in [5, 5.41) is 3.69. The number of methoxy groups -OCH3 is 2. The summed E-state index contributed by atoms with van der Waals surface area (Å²) in [4.78, 5) is 19.2. The Labute approximate surface area is 133 Å². The van der Waals surface area contributed by atoms with Gasteiger partial charge in [-0.1, -0.05) is 12.1 Å². The minimum absolute atomic E-state index is 0.167. The smallest absolute Gasteiger partial charge is 0.260 e. The van der Waals surface area contributed by atoms with Crippen LogP contribution >= 0.6 is 0 Å². The van der Waals surface area contributed by atoms with Crippen LogP contribution < -0.4 is 20.3 Å². The molecule has 6 nitrogen and oxygen atoms in total. The summed E-state index contributed by atoms with van der Waals surface area (Å²) in [6.07, 6.45) is 0. The molecule has 0 aliphatic carbocycles. The highest BCUT2D eigenvalue weighted by atomic mass is 16.5. The maximum Gasteiger partial charge on any atom is 0.260 e. The number of rotatable bonds is 5. The molecule has 23 heavy (non-hydrogen) atoms. The highest BCUT2D eigenvalue weighted by Crippen LogP contribution is 2.25. The van der Waals surface area contributed by atoms with Crippen molar-refractivity contribution >= 4 is 16.9 Å². The standard InChI is InChI=1S/C17H17N3O3/c1-22-12-8-7-11(15(9-12)23-2)10-18-17-19-14-6-4-3-5-13(14)16(21)20-17/h3-9H,10H2,1-2H3,(H2,18,19,20,21). The van der Waals surface area contributed by atoms with Crippen molar-refractivity contribution in [3.8, 4) is 11.5 Å². The molecule has 0 unspecified atom stereocenters. The van der Waals surface area contributed by atoms with Gasteiger partial charge in [0.05, 0.1) is 25.1 Å². The van der Waals surface area contributed by atoms with Crippen molar-refractivity contribution in [1.29, 1.82) is 0 Å². The van der Waals surface area contributed by atoms with Crippen LogP contribution in [-0.4, -0.2) is 24.2 Å².